The predicted octanol–water partition coefficient (Wildman–Crippen LogP) is 3.49. The Morgan fingerprint density at radius 3 is 2.34 bits per heavy atom. The molecule has 0 radical (unpaired) electrons. The number of aromatic nitrogens is 1. The van der Waals surface area contributed by atoms with Crippen LogP contribution >= 0.6 is 0 Å². The lowest BCUT2D eigenvalue weighted by Crippen LogP contribution is -2.29. The van der Waals surface area contributed by atoms with Gasteiger partial charge >= 0.3 is 12.1 Å². The van der Waals surface area contributed by atoms with Gasteiger partial charge in [0, 0.05) is 0 Å². The van der Waals surface area contributed by atoms with Crippen LogP contribution in [0.25, 0.3) is 11.3 Å². The Morgan fingerprint density at radius 2 is 1.69 bits per heavy atom. The molecule has 1 aromatic heterocycles. The number of anilines is 1. The zero-order valence-electron chi connectivity index (χ0n) is 15.2. The van der Waals surface area contributed by atoms with E-state index in [4.69, 9.17) is 9.84 Å². The number of amides is 1. The molecular formula is C21H17FN2O5. The van der Waals surface area contributed by atoms with E-state index in [1.165, 1.54) is 36.4 Å². The lowest BCUT2D eigenvalue weighted by molar-refractivity contribution is -0.137. The lowest BCUT2D eigenvalue weighted by Gasteiger charge is -2.14. The minimum absolute atomic E-state index is 0.0175. The molecule has 0 atom stereocenters. The van der Waals surface area contributed by atoms with Crippen LogP contribution in [0.3, 0.4) is 0 Å². The molecule has 0 unspecified atom stereocenters. The molecule has 1 heterocycles. The molecule has 8 heteroatoms. The average molecular weight is 396 g/mol. The smallest absolute Gasteiger partial charge is 0.412 e. The summed E-state index contributed by atoms with van der Waals surface area (Å²) in [4.78, 5) is 36.0. The number of hydrogen-bond donors (Lipinski definition) is 2. The third kappa shape index (κ3) is 5.07. The van der Waals surface area contributed by atoms with Crippen LogP contribution < -0.4 is 10.9 Å². The van der Waals surface area contributed by atoms with Crippen LogP contribution in [0.15, 0.2) is 71.5 Å². The Bertz CT molecular complexity index is 1080. The zero-order chi connectivity index (χ0) is 20.8. The van der Waals surface area contributed by atoms with Crippen LogP contribution in [0.5, 0.6) is 0 Å². The van der Waals surface area contributed by atoms with Gasteiger partial charge in [-0.15, -0.1) is 0 Å². The highest BCUT2D eigenvalue weighted by Crippen LogP contribution is 2.20. The molecule has 0 saturated carbocycles. The highest BCUT2D eigenvalue weighted by atomic mass is 19.1. The van der Waals surface area contributed by atoms with Crippen LogP contribution in [-0.4, -0.2) is 21.7 Å². The lowest BCUT2D eigenvalue weighted by atomic mass is 10.1. The number of carboxylic acids is 1. The number of rotatable bonds is 6. The molecule has 148 valence electrons. The van der Waals surface area contributed by atoms with E-state index in [0.29, 0.717) is 5.56 Å². The summed E-state index contributed by atoms with van der Waals surface area (Å²) in [7, 11) is 0. The summed E-state index contributed by atoms with van der Waals surface area (Å²) < 4.78 is 19.2. The third-order valence-electron chi connectivity index (χ3n) is 4.06. The van der Waals surface area contributed by atoms with Gasteiger partial charge in [0.2, 0.25) is 0 Å². The number of benzene rings is 2. The minimum atomic E-state index is -1.24. The number of aliphatic carboxylic acids is 1. The molecule has 0 fully saturated rings. The van der Waals surface area contributed by atoms with E-state index in [0.717, 1.165) is 10.1 Å². The summed E-state index contributed by atoms with van der Waals surface area (Å²) in [5, 5.41) is 11.5. The number of carbonyl (C=O) groups is 2. The summed E-state index contributed by atoms with van der Waals surface area (Å²) in [5.74, 6) is -1.69. The Balaban J connectivity index is 1.84. The van der Waals surface area contributed by atoms with E-state index in [1.807, 2.05) is 6.07 Å². The Labute approximate surface area is 165 Å². The van der Waals surface area contributed by atoms with Gasteiger partial charge in [0.1, 0.15) is 24.7 Å². The number of pyridine rings is 1. The third-order valence-corrected chi connectivity index (χ3v) is 4.06. The number of carbonyl (C=O) groups excluding carboxylic acids is 1. The van der Waals surface area contributed by atoms with E-state index < -0.39 is 30.0 Å². The second-order valence-corrected chi connectivity index (χ2v) is 6.11. The van der Waals surface area contributed by atoms with Crippen molar-refractivity contribution in [1.29, 1.82) is 0 Å². The molecule has 1 amide bonds. The summed E-state index contributed by atoms with van der Waals surface area (Å²) in [5.41, 5.74) is 0.669. The molecular weight excluding hydrogens is 379 g/mol. The molecule has 0 bridgehead atoms. The van der Waals surface area contributed by atoms with Crippen molar-refractivity contribution in [2.45, 2.75) is 13.2 Å². The van der Waals surface area contributed by atoms with Crippen molar-refractivity contribution in [3.05, 3.63) is 88.5 Å². The highest BCUT2D eigenvalue weighted by Gasteiger charge is 2.15. The monoisotopic (exact) mass is 396 g/mol. The van der Waals surface area contributed by atoms with Crippen molar-refractivity contribution in [2.75, 3.05) is 5.32 Å². The van der Waals surface area contributed by atoms with Gasteiger partial charge in [-0.25, -0.2) is 9.18 Å². The second kappa shape index (κ2) is 8.83. The van der Waals surface area contributed by atoms with Gasteiger partial charge in [0.15, 0.2) is 0 Å². The molecule has 0 aliphatic carbocycles. The van der Waals surface area contributed by atoms with Gasteiger partial charge in [-0.05, 0) is 47.5 Å². The van der Waals surface area contributed by atoms with Gasteiger partial charge in [0.25, 0.3) is 5.56 Å². The number of halogens is 1. The highest BCUT2D eigenvalue weighted by molar-refractivity contribution is 5.84. The first-order valence-corrected chi connectivity index (χ1v) is 8.63. The Morgan fingerprint density at radius 1 is 1.00 bits per heavy atom. The molecule has 29 heavy (non-hydrogen) atoms. The molecule has 7 nitrogen and oxygen atoms in total. The molecule has 0 aliphatic rings. The first kappa shape index (κ1) is 19.8. The van der Waals surface area contributed by atoms with Gasteiger partial charge in [-0.1, -0.05) is 30.3 Å². The zero-order valence-corrected chi connectivity index (χ0v) is 15.2. The van der Waals surface area contributed by atoms with Crippen molar-refractivity contribution in [2.24, 2.45) is 0 Å². The van der Waals surface area contributed by atoms with E-state index in [1.54, 1.807) is 24.3 Å². The molecule has 3 rings (SSSR count). The van der Waals surface area contributed by atoms with Crippen LogP contribution in [0.4, 0.5) is 14.9 Å². The maximum absolute atomic E-state index is 13.2. The normalized spacial score (nSPS) is 10.4. The molecule has 3 aromatic rings. The molecule has 0 spiro atoms. The van der Waals surface area contributed by atoms with Crippen molar-refractivity contribution < 1.29 is 23.8 Å². The van der Waals surface area contributed by atoms with E-state index >= 15 is 0 Å². The minimum Gasteiger partial charge on any atom is -0.480 e. The summed E-state index contributed by atoms with van der Waals surface area (Å²) in [6.45, 7) is -0.607. The number of carboxylic acid groups (broad SMARTS) is 1. The first-order valence-electron chi connectivity index (χ1n) is 8.63. The summed E-state index contributed by atoms with van der Waals surface area (Å²) >= 11 is 0. The average Bonchev–Trinajstić information content (AvgIpc) is 2.71. The van der Waals surface area contributed by atoms with Gasteiger partial charge in [-0.3, -0.25) is 19.5 Å². The topological polar surface area (TPSA) is 97.6 Å². The van der Waals surface area contributed by atoms with E-state index in [9.17, 15) is 18.8 Å². The predicted molar refractivity (Wildman–Crippen MR) is 104 cm³/mol. The molecule has 2 aromatic carbocycles. The van der Waals surface area contributed by atoms with Crippen LogP contribution in [0.2, 0.25) is 0 Å². The van der Waals surface area contributed by atoms with Gasteiger partial charge in [0.05, 0.1) is 5.69 Å². The van der Waals surface area contributed by atoms with Crippen molar-refractivity contribution in [3.63, 3.8) is 0 Å². The molecule has 0 saturated heterocycles. The number of ether oxygens (including phenoxy) is 1. The SMILES string of the molecule is O=C(O)Cn1c(-c2ccc(F)cc2)ccc(NC(=O)OCc2ccccc2)c1=O. The number of hydrogen-bond acceptors (Lipinski definition) is 4. The molecule has 2 N–H and O–H groups in total. The maximum Gasteiger partial charge on any atom is 0.412 e. The van der Waals surface area contributed by atoms with Crippen LogP contribution in [0, 0.1) is 5.82 Å². The fourth-order valence-corrected chi connectivity index (χ4v) is 2.71. The Kier molecular flexibility index (Phi) is 6.03. The van der Waals surface area contributed by atoms with E-state index in [2.05, 4.69) is 5.32 Å². The van der Waals surface area contributed by atoms with Gasteiger partial charge in [-0.2, -0.15) is 0 Å². The summed E-state index contributed by atoms with van der Waals surface area (Å²) in [6, 6.07) is 17.1. The number of nitrogens with zero attached hydrogens (tertiary/aromatic N) is 1. The second-order valence-electron chi connectivity index (χ2n) is 6.11. The quantitative estimate of drug-likeness (QED) is 0.665. The summed E-state index contributed by atoms with van der Waals surface area (Å²) in [6.07, 6.45) is -0.845. The number of nitrogens with one attached hydrogen (secondary N) is 1. The fraction of sp³-hybridized carbons (Fsp3) is 0.0952. The largest absolute Gasteiger partial charge is 0.480 e. The molecule has 0 aliphatic heterocycles. The standard InChI is InChI=1S/C21H17FN2O5/c22-16-8-6-15(7-9-16)18-11-10-17(20(27)24(18)12-19(25)26)23-21(28)29-13-14-4-2-1-3-5-14/h1-11H,12-13H2,(H,23,28)(H,25,26). The van der Waals surface area contributed by atoms with Gasteiger partial charge < -0.3 is 9.84 Å². The van der Waals surface area contributed by atoms with Crippen molar-refractivity contribution in [1.82, 2.24) is 4.57 Å². The van der Waals surface area contributed by atoms with E-state index in [-0.39, 0.29) is 18.0 Å². The van der Waals surface area contributed by atoms with Crippen molar-refractivity contribution >= 4 is 17.7 Å². The Hall–Kier alpha value is -3.94. The fourth-order valence-electron chi connectivity index (χ4n) is 2.71. The van der Waals surface area contributed by atoms with Crippen LogP contribution in [-0.2, 0) is 22.7 Å². The first-order chi connectivity index (χ1) is 13.9. The van der Waals surface area contributed by atoms with Crippen molar-refractivity contribution in [3.8, 4) is 11.3 Å². The maximum atomic E-state index is 13.2. The van der Waals surface area contributed by atoms with Crippen LogP contribution in [0.1, 0.15) is 5.56 Å².